The summed E-state index contributed by atoms with van der Waals surface area (Å²) in [4.78, 5) is 16.0. The van der Waals surface area contributed by atoms with Crippen LogP contribution in [0.3, 0.4) is 0 Å². The lowest BCUT2D eigenvalue weighted by molar-refractivity contribution is -0.120. The van der Waals surface area contributed by atoms with Gasteiger partial charge in [0.05, 0.1) is 6.61 Å². The van der Waals surface area contributed by atoms with Crippen molar-refractivity contribution >= 4 is 11.9 Å². The first kappa shape index (κ1) is 13.4. The number of carbonyl (C=O) groups excluding carboxylic acids is 1. The van der Waals surface area contributed by atoms with Gasteiger partial charge in [-0.3, -0.25) is 15.1 Å². The molecule has 1 aromatic carbocycles. The van der Waals surface area contributed by atoms with E-state index in [1.807, 2.05) is 31.2 Å². The molecule has 0 saturated carbocycles. The first-order valence-corrected chi connectivity index (χ1v) is 6.59. The molecule has 19 heavy (non-hydrogen) atoms. The summed E-state index contributed by atoms with van der Waals surface area (Å²) in [5, 5.41) is 5.79. The van der Waals surface area contributed by atoms with Crippen LogP contribution < -0.4 is 15.4 Å². The van der Waals surface area contributed by atoms with E-state index >= 15 is 0 Å². The smallest absolute Gasteiger partial charge is 0.253 e. The molecule has 0 bridgehead atoms. The maximum absolute atomic E-state index is 11.8. The Hall–Kier alpha value is -2.04. The Morgan fingerprint density at radius 1 is 1.26 bits per heavy atom. The van der Waals surface area contributed by atoms with E-state index in [1.54, 1.807) is 0 Å². The Morgan fingerprint density at radius 3 is 2.63 bits per heavy atom. The van der Waals surface area contributed by atoms with Gasteiger partial charge < -0.3 is 10.1 Å². The lowest BCUT2D eigenvalue weighted by Crippen LogP contribution is -2.25. The van der Waals surface area contributed by atoms with Crippen LogP contribution in [0.2, 0.25) is 0 Å². The van der Waals surface area contributed by atoms with Crippen molar-refractivity contribution in [1.82, 2.24) is 10.6 Å². The quantitative estimate of drug-likeness (QED) is 0.846. The van der Waals surface area contributed by atoms with Gasteiger partial charge in [0.1, 0.15) is 11.8 Å². The minimum atomic E-state index is -0.370. The van der Waals surface area contributed by atoms with Crippen LogP contribution in [0.5, 0.6) is 5.75 Å². The van der Waals surface area contributed by atoms with Gasteiger partial charge >= 0.3 is 0 Å². The molecule has 2 N–H and O–H groups in total. The number of nitrogens with zero attached hydrogens (tertiary/aromatic N) is 1. The fourth-order valence-electron chi connectivity index (χ4n) is 1.88. The second-order valence-electron chi connectivity index (χ2n) is 4.31. The van der Waals surface area contributed by atoms with Crippen LogP contribution in [0, 0.1) is 0 Å². The SMILES string of the molecule is CCCOc1ccc(C2NC(=NCC)NC2=O)cc1. The summed E-state index contributed by atoms with van der Waals surface area (Å²) >= 11 is 0. The van der Waals surface area contributed by atoms with E-state index in [1.165, 1.54) is 0 Å². The van der Waals surface area contributed by atoms with Gasteiger partial charge in [-0.25, -0.2) is 0 Å². The van der Waals surface area contributed by atoms with Crippen LogP contribution in [0.4, 0.5) is 0 Å². The van der Waals surface area contributed by atoms with Gasteiger partial charge in [-0.15, -0.1) is 0 Å². The molecule has 1 unspecified atom stereocenters. The van der Waals surface area contributed by atoms with Crippen LogP contribution in [-0.2, 0) is 4.79 Å². The van der Waals surface area contributed by atoms with Gasteiger partial charge in [0.2, 0.25) is 0 Å². The van der Waals surface area contributed by atoms with Crippen molar-refractivity contribution < 1.29 is 9.53 Å². The average Bonchev–Trinajstić information content (AvgIpc) is 2.78. The number of guanidine groups is 1. The highest BCUT2D eigenvalue weighted by atomic mass is 16.5. The number of rotatable bonds is 5. The Kier molecular flexibility index (Phi) is 4.39. The molecular weight excluding hydrogens is 242 g/mol. The number of amides is 1. The summed E-state index contributed by atoms with van der Waals surface area (Å²) in [6.07, 6.45) is 0.977. The molecule has 102 valence electrons. The van der Waals surface area contributed by atoms with Crippen molar-refractivity contribution in [3.05, 3.63) is 29.8 Å². The van der Waals surface area contributed by atoms with E-state index in [9.17, 15) is 4.79 Å². The molecule has 1 amide bonds. The van der Waals surface area contributed by atoms with Crippen LogP contribution in [0.25, 0.3) is 0 Å². The number of ether oxygens (including phenoxy) is 1. The molecule has 5 heteroatoms. The number of aliphatic imine (C=N–C) groups is 1. The molecule has 1 aromatic rings. The number of carbonyl (C=O) groups is 1. The van der Waals surface area contributed by atoms with Gasteiger partial charge in [-0.05, 0) is 31.0 Å². The molecule has 0 radical (unpaired) electrons. The summed E-state index contributed by atoms with van der Waals surface area (Å²) in [5.74, 6) is 1.30. The minimum absolute atomic E-state index is 0.0746. The Morgan fingerprint density at radius 2 is 2.00 bits per heavy atom. The molecule has 1 fully saturated rings. The molecule has 5 nitrogen and oxygen atoms in total. The fraction of sp³-hybridized carbons (Fsp3) is 0.429. The largest absolute Gasteiger partial charge is 0.494 e. The van der Waals surface area contributed by atoms with Crippen molar-refractivity contribution in [3.63, 3.8) is 0 Å². The first-order chi connectivity index (χ1) is 9.24. The molecule has 0 aromatic heterocycles. The highest BCUT2D eigenvalue weighted by Crippen LogP contribution is 2.20. The lowest BCUT2D eigenvalue weighted by Gasteiger charge is -2.09. The molecule has 0 spiro atoms. The maximum Gasteiger partial charge on any atom is 0.253 e. The predicted octanol–water partition coefficient (Wildman–Crippen LogP) is 1.61. The number of benzene rings is 1. The summed E-state index contributed by atoms with van der Waals surface area (Å²) in [6, 6.07) is 7.20. The summed E-state index contributed by atoms with van der Waals surface area (Å²) in [7, 11) is 0. The first-order valence-electron chi connectivity index (χ1n) is 6.59. The standard InChI is InChI=1S/C14H19N3O2/c1-3-9-19-11-7-5-10(6-8-11)12-13(18)17-14(16-12)15-4-2/h5-8,12H,3-4,9H2,1-2H3,(H2,15,16,17,18). The van der Waals surface area contributed by atoms with Crippen molar-refractivity contribution in [2.24, 2.45) is 4.99 Å². The average molecular weight is 261 g/mol. The zero-order chi connectivity index (χ0) is 13.7. The summed E-state index contributed by atoms with van der Waals surface area (Å²) in [5.41, 5.74) is 0.905. The second-order valence-corrected chi connectivity index (χ2v) is 4.31. The third-order valence-corrected chi connectivity index (χ3v) is 2.79. The predicted molar refractivity (Wildman–Crippen MR) is 74.2 cm³/mol. The van der Waals surface area contributed by atoms with E-state index in [0.29, 0.717) is 19.1 Å². The number of hydrogen-bond donors (Lipinski definition) is 2. The van der Waals surface area contributed by atoms with Gasteiger partial charge in [-0.1, -0.05) is 19.1 Å². The normalized spacial score (nSPS) is 20.2. The topological polar surface area (TPSA) is 62.7 Å². The monoisotopic (exact) mass is 261 g/mol. The molecule has 1 saturated heterocycles. The molecule has 2 rings (SSSR count). The van der Waals surface area contributed by atoms with Crippen molar-refractivity contribution in [2.45, 2.75) is 26.3 Å². The van der Waals surface area contributed by atoms with Crippen LogP contribution in [0.15, 0.2) is 29.3 Å². The molecule has 1 heterocycles. The molecule has 1 aliphatic heterocycles. The highest BCUT2D eigenvalue weighted by Gasteiger charge is 2.29. The van der Waals surface area contributed by atoms with Gasteiger partial charge in [0, 0.05) is 6.54 Å². The Bertz CT molecular complexity index is 468. The second kappa shape index (κ2) is 6.22. The van der Waals surface area contributed by atoms with E-state index in [2.05, 4.69) is 22.5 Å². The number of hydrogen-bond acceptors (Lipinski definition) is 3. The van der Waals surface area contributed by atoms with Crippen molar-refractivity contribution in [2.75, 3.05) is 13.2 Å². The third-order valence-electron chi connectivity index (χ3n) is 2.79. The minimum Gasteiger partial charge on any atom is -0.494 e. The lowest BCUT2D eigenvalue weighted by atomic mass is 10.1. The van der Waals surface area contributed by atoms with E-state index in [4.69, 9.17) is 4.74 Å². The van der Waals surface area contributed by atoms with Crippen LogP contribution in [-0.4, -0.2) is 25.0 Å². The zero-order valence-corrected chi connectivity index (χ0v) is 11.3. The number of nitrogens with one attached hydrogen (secondary N) is 2. The summed E-state index contributed by atoms with van der Waals surface area (Å²) in [6.45, 7) is 5.33. The van der Waals surface area contributed by atoms with Crippen LogP contribution in [0.1, 0.15) is 31.9 Å². The van der Waals surface area contributed by atoms with E-state index in [-0.39, 0.29) is 11.9 Å². The molecular formula is C14H19N3O2. The molecule has 1 aliphatic rings. The van der Waals surface area contributed by atoms with E-state index < -0.39 is 0 Å². The fourth-order valence-corrected chi connectivity index (χ4v) is 1.88. The molecule has 1 atom stereocenters. The van der Waals surface area contributed by atoms with Gasteiger partial charge in [0.25, 0.3) is 5.91 Å². The molecule has 0 aliphatic carbocycles. The zero-order valence-electron chi connectivity index (χ0n) is 11.3. The van der Waals surface area contributed by atoms with E-state index in [0.717, 1.165) is 17.7 Å². The Balaban J connectivity index is 2.06. The highest BCUT2D eigenvalue weighted by molar-refractivity contribution is 6.06. The van der Waals surface area contributed by atoms with Gasteiger partial charge in [0.15, 0.2) is 5.96 Å². The van der Waals surface area contributed by atoms with Crippen molar-refractivity contribution in [1.29, 1.82) is 0 Å². The third kappa shape index (κ3) is 3.24. The van der Waals surface area contributed by atoms with Crippen molar-refractivity contribution in [3.8, 4) is 5.75 Å². The Labute approximate surface area is 113 Å². The maximum atomic E-state index is 11.8. The van der Waals surface area contributed by atoms with Crippen LogP contribution >= 0.6 is 0 Å². The van der Waals surface area contributed by atoms with Gasteiger partial charge in [-0.2, -0.15) is 0 Å². The summed E-state index contributed by atoms with van der Waals surface area (Å²) < 4.78 is 5.51.